The Balaban J connectivity index is 1.44. The normalized spacial score (nSPS) is 16.9. The van der Waals surface area contributed by atoms with Crippen LogP contribution in [0.1, 0.15) is 49.0 Å². The summed E-state index contributed by atoms with van der Waals surface area (Å²) in [6, 6.07) is 14.1. The van der Waals surface area contributed by atoms with Crippen molar-refractivity contribution in [1.29, 1.82) is 0 Å². The Morgan fingerprint density at radius 2 is 2.02 bits per heavy atom. The van der Waals surface area contributed by atoms with Gasteiger partial charge in [0, 0.05) is 40.0 Å². The van der Waals surface area contributed by atoms with Gasteiger partial charge in [-0.25, -0.2) is 0 Å². The molecule has 2 aromatic carbocycles. The molecule has 0 aliphatic carbocycles. The number of fused-ring (bicyclic) bond motifs is 4. The maximum Gasteiger partial charge on any atom is 0.309 e. The van der Waals surface area contributed by atoms with Crippen molar-refractivity contribution in [2.75, 3.05) is 12.4 Å². The first-order valence-electron chi connectivity index (χ1n) is 13.8. The number of nitrogens with one attached hydrogen (secondary N) is 2. The molecule has 12 heteroatoms. The van der Waals surface area contributed by atoms with Gasteiger partial charge in [0.15, 0.2) is 0 Å². The molecule has 0 spiro atoms. The molecular formula is C31H30ClN7O4. The van der Waals surface area contributed by atoms with Gasteiger partial charge < -0.3 is 15.4 Å². The number of tetrazole rings is 1. The second kappa shape index (κ2) is 13.4. The van der Waals surface area contributed by atoms with Gasteiger partial charge in [-0.15, -0.1) is 5.10 Å². The van der Waals surface area contributed by atoms with Crippen LogP contribution in [-0.4, -0.2) is 50.1 Å². The van der Waals surface area contributed by atoms with Gasteiger partial charge >= 0.3 is 5.97 Å². The lowest BCUT2D eigenvalue weighted by Crippen LogP contribution is -2.28. The van der Waals surface area contributed by atoms with Gasteiger partial charge in [0.2, 0.25) is 11.8 Å². The van der Waals surface area contributed by atoms with Crippen LogP contribution in [0.3, 0.4) is 0 Å². The number of nitrogens with zero attached hydrogens (tertiary/aromatic N) is 5. The molecule has 43 heavy (non-hydrogen) atoms. The van der Waals surface area contributed by atoms with Gasteiger partial charge in [-0.3, -0.25) is 19.4 Å². The molecule has 2 amide bonds. The molecule has 5 rings (SSSR count). The highest BCUT2D eigenvalue weighted by molar-refractivity contribution is 6.30. The molecule has 2 N–H and O–H groups in total. The first-order valence-corrected chi connectivity index (χ1v) is 14.2. The molecule has 11 nitrogen and oxygen atoms in total. The maximum atomic E-state index is 13.2. The zero-order chi connectivity index (χ0) is 30.3. The minimum atomic E-state index is -0.396. The highest BCUT2D eigenvalue weighted by atomic mass is 35.5. The van der Waals surface area contributed by atoms with E-state index in [9.17, 15) is 14.4 Å². The summed E-state index contributed by atoms with van der Waals surface area (Å²) in [5.74, 6) is -1.07. The summed E-state index contributed by atoms with van der Waals surface area (Å²) in [7, 11) is 1.34. The molecule has 2 atom stereocenters. The number of esters is 1. The number of halogens is 1. The van der Waals surface area contributed by atoms with E-state index in [1.54, 1.807) is 36.5 Å². The Morgan fingerprint density at radius 1 is 1.16 bits per heavy atom. The average Bonchev–Trinajstić information content (AvgIpc) is 3.54. The predicted octanol–water partition coefficient (Wildman–Crippen LogP) is 4.72. The van der Waals surface area contributed by atoms with Crippen molar-refractivity contribution in [1.82, 2.24) is 30.5 Å². The maximum absolute atomic E-state index is 13.2. The third kappa shape index (κ3) is 7.31. The zero-order valence-corrected chi connectivity index (χ0v) is 24.4. The predicted molar refractivity (Wildman–Crippen MR) is 161 cm³/mol. The number of amides is 2. The van der Waals surface area contributed by atoms with E-state index < -0.39 is 6.04 Å². The van der Waals surface area contributed by atoms with Gasteiger partial charge in [-0.2, -0.15) is 4.68 Å². The molecule has 3 heterocycles. The van der Waals surface area contributed by atoms with Gasteiger partial charge in [0.05, 0.1) is 31.0 Å². The van der Waals surface area contributed by atoms with Crippen molar-refractivity contribution in [2.45, 2.75) is 38.6 Å². The Hall–Kier alpha value is -4.90. The van der Waals surface area contributed by atoms with Crippen molar-refractivity contribution < 1.29 is 19.1 Å². The van der Waals surface area contributed by atoms with Gasteiger partial charge in [0.1, 0.15) is 6.33 Å². The number of methoxy groups -OCH3 is 1. The van der Waals surface area contributed by atoms with Crippen LogP contribution in [0.5, 0.6) is 0 Å². The number of carbonyl (C=O) groups excluding carboxylic acids is 3. The highest BCUT2D eigenvalue weighted by Gasteiger charge is 2.22. The molecule has 1 aliphatic heterocycles. The van der Waals surface area contributed by atoms with Crippen LogP contribution in [-0.2, 0) is 25.5 Å². The fourth-order valence-electron chi connectivity index (χ4n) is 4.94. The second-order valence-corrected chi connectivity index (χ2v) is 10.7. The molecular weight excluding hydrogens is 570 g/mol. The van der Waals surface area contributed by atoms with Gasteiger partial charge in [0.25, 0.3) is 0 Å². The SMILES string of the molecule is COC(=O)Cc1ccc2c(c1)NC(=O)C(C)CCC[C@H](NC(=O)/C=C/c1cc(Cl)ccc1-n1cnnn1)c1cc-2ccn1. The van der Waals surface area contributed by atoms with Crippen molar-refractivity contribution >= 4 is 41.1 Å². The van der Waals surface area contributed by atoms with Gasteiger partial charge in [-0.05, 0) is 76.9 Å². The number of pyridine rings is 1. The molecule has 0 saturated heterocycles. The number of ether oxygens (including phenoxy) is 1. The van der Waals surface area contributed by atoms with E-state index in [1.165, 1.54) is 24.2 Å². The van der Waals surface area contributed by atoms with Crippen LogP contribution in [0.25, 0.3) is 22.9 Å². The summed E-state index contributed by atoms with van der Waals surface area (Å²) in [5.41, 5.74) is 4.94. The first-order chi connectivity index (χ1) is 20.8. The zero-order valence-electron chi connectivity index (χ0n) is 23.7. The number of hydrogen-bond donors (Lipinski definition) is 2. The number of carbonyl (C=O) groups is 3. The Bertz CT molecular complexity index is 1670. The van der Waals surface area contributed by atoms with E-state index in [-0.39, 0.29) is 30.1 Å². The molecule has 1 unspecified atom stereocenters. The Morgan fingerprint density at radius 3 is 2.81 bits per heavy atom. The highest BCUT2D eigenvalue weighted by Crippen LogP contribution is 2.33. The van der Waals surface area contributed by atoms with Crippen LogP contribution in [0.2, 0.25) is 5.02 Å². The van der Waals surface area contributed by atoms with Crippen LogP contribution in [0.15, 0.2) is 67.1 Å². The topological polar surface area (TPSA) is 141 Å². The second-order valence-electron chi connectivity index (χ2n) is 10.3. The van der Waals surface area contributed by atoms with Crippen molar-refractivity contribution in [3.63, 3.8) is 0 Å². The largest absolute Gasteiger partial charge is 0.469 e. The molecule has 2 aromatic heterocycles. The fraction of sp³-hybridized carbons (Fsp3) is 0.258. The summed E-state index contributed by atoms with van der Waals surface area (Å²) in [4.78, 5) is 42.8. The van der Waals surface area contributed by atoms with Crippen LogP contribution in [0, 0.1) is 5.92 Å². The average molecular weight is 600 g/mol. The van der Waals surface area contributed by atoms with Crippen molar-refractivity contribution in [3.05, 3.63) is 89.0 Å². The minimum absolute atomic E-state index is 0.0881. The van der Waals surface area contributed by atoms with E-state index >= 15 is 0 Å². The lowest BCUT2D eigenvalue weighted by molar-refractivity contribution is -0.139. The molecule has 4 aromatic rings. The number of hydrogen-bond acceptors (Lipinski definition) is 8. The number of anilines is 1. The van der Waals surface area contributed by atoms with E-state index in [1.807, 2.05) is 31.2 Å². The van der Waals surface area contributed by atoms with E-state index in [0.29, 0.717) is 46.9 Å². The van der Waals surface area contributed by atoms with Crippen LogP contribution >= 0.6 is 11.6 Å². The molecule has 0 fully saturated rings. The summed E-state index contributed by atoms with van der Waals surface area (Å²) < 4.78 is 6.30. The molecule has 0 radical (unpaired) electrons. The summed E-state index contributed by atoms with van der Waals surface area (Å²) in [6.45, 7) is 1.88. The molecule has 1 aliphatic rings. The lowest BCUT2D eigenvalue weighted by Gasteiger charge is -2.22. The quantitative estimate of drug-likeness (QED) is 0.239. The molecule has 2 bridgehead atoms. The monoisotopic (exact) mass is 599 g/mol. The van der Waals surface area contributed by atoms with E-state index in [0.717, 1.165) is 16.7 Å². The smallest absolute Gasteiger partial charge is 0.309 e. The lowest BCUT2D eigenvalue weighted by atomic mass is 9.94. The van der Waals surface area contributed by atoms with Crippen molar-refractivity contribution in [2.24, 2.45) is 5.92 Å². The van der Waals surface area contributed by atoms with Crippen molar-refractivity contribution in [3.8, 4) is 16.8 Å². The van der Waals surface area contributed by atoms with Crippen LogP contribution < -0.4 is 10.6 Å². The minimum Gasteiger partial charge on any atom is -0.469 e. The van der Waals surface area contributed by atoms with E-state index in [4.69, 9.17) is 16.3 Å². The fourth-order valence-corrected chi connectivity index (χ4v) is 5.12. The Kier molecular flexibility index (Phi) is 9.21. The standard InChI is InChI=1S/C31H30ClN7O4/c1-19-4-3-5-25(35-29(40)11-7-22-16-23(32)8-10-28(22)39-18-34-37-38-39)27-17-21(12-13-33-27)24-9-6-20(15-30(41)43-2)14-26(24)36-31(19)42/h6-14,16-19,25H,3-5,15H2,1-2H3,(H,35,40)(H,36,42)/b11-7+/t19?,25-/m0/s1. The molecule has 0 saturated carbocycles. The number of aromatic nitrogens is 5. The molecule has 220 valence electrons. The van der Waals surface area contributed by atoms with Gasteiger partial charge in [-0.1, -0.05) is 37.1 Å². The third-order valence-electron chi connectivity index (χ3n) is 7.26. The first kappa shape index (κ1) is 29.6. The number of benzene rings is 2. The van der Waals surface area contributed by atoms with Crippen LogP contribution in [0.4, 0.5) is 5.69 Å². The Labute approximate surface area is 253 Å². The third-order valence-corrected chi connectivity index (χ3v) is 7.50. The number of rotatable bonds is 6. The van der Waals surface area contributed by atoms with E-state index in [2.05, 4.69) is 31.1 Å². The summed E-state index contributed by atoms with van der Waals surface area (Å²) >= 11 is 6.22. The summed E-state index contributed by atoms with van der Waals surface area (Å²) in [5, 5.41) is 17.9. The summed E-state index contributed by atoms with van der Waals surface area (Å²) in [6.07, 6.45) is 8.22.